The first kappa shape index (κ1) is 44.0. The Labute approximate surface area is 362 Å². The van der Waals surface area contributed by atoms with Gasteiger partial charge in [0.15, 0.2) is 22.1 Å². The standard InChI is InChI=1S/C48H44N4.2CH4O.2BrH/c1-33-34(2)44(30-52-32-50(46-24-10-12-26-48(46)52)28-40-20-14-18-38-16-6-8-22-42(38)40)36(4)35(3)43(33)29-51-31-49(45-23-9-11-25-47(45)51)27-39-19-13-17-37-15-5-7-21-41(37)39;2*1-2;;/h5-26,31-32H,27-30H2,1-4H3;2*2H,1H3;2*1H/q+2;;;;/p-2. The van der Waals surface area contributed by atoms with Gasteiger partial charge in [-0.25, -0.2) is 18.3 Å². The van der Waals surface area contributed by atoms with Crippen molar-refractivity contribution in [2.24, 2.45) is 0 Å². The second-order valence-electron chi connectivity index (χ2n) is 14.5. The highest BCUT2D eigenvalue weighted by Gasteiger charge is 2.24. The molecule has 9 rings (SSSR count). The van der Waals surface area contributed by atoms with Gasteiger partial charge in [-0.2, -0.15) is 0 Å². The number of imidazole rings is 2. The molecule has 0 radical (unpaired) electrons. The van der Waals surface area contributed by atoms with Crippen molar-refractivity contribution in [3.05, 3.63) is 191 Å². The first-order chi connectivity index (χ1) is 27.4. The molecule has 0 saturated carbocycles. The van der Waals surface area contributed by atoms with Crippen molar-refractivity contribution < 1.29 is 53.3 Å². The van der Waals surface area contributed by atoms with Crippen LogP contribution in [0, 0.1) is 27.7 Å². The van der Waals surface area contributed by atoms with Crippen LogP contribution in [0.25, 0.3) is 43.6 Å². The van der Waals surface area contributed by atoms with Gasteiger partial charge >= 0.3 is 0 Å². The van der Waals surface area contributed by atoms with Crippen LogP contribution in [0.5, 0.6) is 0 Å². The number of aromatic nitrogens is 4. The van der Waals surface area contributed by atoms with Crippen molar-refractivity contribution in [1.82, 2.24) is 9.13 Å². The van der Waals surface area contributed by atoms with Gasteiger partial charge in [0.1, 0.15) is 26.2 Å². The van der Waals surface area contributed by atoms with Crippen molar-refractivity contribution in [2.45, 2.75) is 53.9 Å². The fourth-order valence-corrected chi connectivity index (χ4v) is 8.50. The maximum absolute atomic E-state index is 7.00. The number of aliphatic hydroxyl groups is 2. The molecule has 0 unspecified atom stereocenters. The van der Waals surface area contributed by atoms with Crippen LogP contribution in [0.2, 0.25) is 0 Å². The molecule has 9 aromatic rings. The van der Waals surface area contributed by atoms with Gasteiger partial charge in [0, 0.05) is 25.3 Å². The molecule has 2 heterocycles. The molecule has 2 aromatic heterocycles. The molecule has 0 spiro atoms. The average molecular weight is 901 g/mol. The summed E-state index contributed by atoms with van der Waals surface area (Å²) in [6, 6.07) is 48.4. The van der Waals surface area contributed by atoms with Gasteiger partial charge in [-0.05, 0) is 107 Å². The molecule has 0 saturated heterocycles. The molecule has 0 fully saturated rings. The summed E-state index contributed by atoms with van der Waals surface area (Å²) in [6.45, 7) is 12.6. The molecule has 0 aliphatic rings. The third-order valence-corrected chi connectivity index (χ3v) is 11.6. The van der Waals surface area contributed by atoms with Gasteiger partial charge < -0.3 is 44.2 Å². The molecule has 6 nitrogen and oxygen atoms in total. The zero-order valence-electron chi connectivity index (χ0n) is 34.1. The highest BCUT2D eigenvalue weighted by atomic mass is 79.9. The fourth-order valence-electron chi connectivity index (χ4n) is 8.50. The Balaban J connectivity index is 0.00000104. The van der Waals surface area contributed by atoms with Crippen LogP contribution in [0.15, 0.2) is 146 Å². The number of benzene rings is 7. The SMILES string of the molecule is CO.CO.Cc1c(C)c(Cn2c[n+](Cc3cccc4ccccc34)c3ccccc32)c(C)c(C)c1Cn1c[n+](Cc2cccc3ccccc23)c2ccccc21.[Br-].[Br-]. The summed E-state index contributed by atoms with van der Waals surface area (Å²) in [4.78, 5) is 0. The summed E-state index contributed by atoms with van der Waals surface area (Å²) in [5.41, 5.74) is 16.1. The quantitative estimate of drug-likeness (QED) is 0.231. The first-order valence-corrected chi connectivity index (χ1v) is 19.3. The van der Waals surface area contributed by atoms with Gasteiger partial charge in [0.25, 0.3) is 0 Å². The second kappa shape index (κ2) is 19.6. The molecule has 0 aliphatic carbocycles. The number of fused-ring (bicyclic) bond motifs is 4. The number of nitrogens with zero attached hydrogens (tertiary/aromatic N) is 4. The first-order valence-electron chi connectivity index (χ1n) is 19.3. The van der Waals surface area contributed by atoms with Crippen molar-refractivity contribution in [2.75, 3.05) is 14.2 Å². The highest BCUT2D eigenvalue weighted by molar-refractivity contribution is 5.86. The van der Waals surface area contributed by atoms with Gasteiger partial charge in [-0.15, -0.1) is 0 Å². The molecule has 58 heavy (non-hydrogen) atoms. The molecule has 0 atom stereocenters. The van der Waals surface area contributed by atoms with E-state index in [-0.39, 0.29) is 34.0 Å². The summed E-state index contributed by atoms with van der Waals surface area (Å²) in [5, 5.41) is 19.2. The smallest absolute Gasteiger partial charge is 0.245 e. The predicted octanol–water partition coefficient (Wildman–Crippen LogP) is 3.13. The zero-order chi connectivity index (χ0) is 39.3. The molecule has 298 valence electrons. The van der Waals surface area contributed by atoms with E-state index >= 15 is 0 Å². The van der Waals surface area contributed by atoms with E-state index in [1.54, 1.807) is 0 Å². The highest BCUT2D eigenvalue weighted by Crippen LogP contribution is 2.30. The maximum Gasteiger partial charge on any atom is 0.245 e. The lowest BCUT2D eigenvalue weighted by molar-refractivity contribution is -0.663. The van der Waals surface area contributed by atoms with Crippen LogP contribution in [0.4, 0.5) is 0 Å². The Kier molecular flexibility index (Phi) is 14.8. The molecular formula is C50H52Br2N4O2. The van der Waals surface area contributed by atoms with E-state index in [0.29, 0.717) is 0 Å². The van der Waals surface area contributed by atoms with Crippen LogP contribution < -0.4 is 43.1 Å². The Morgan fingerprint density at radius 1 is 0.414 bits per heavy atom. The van der Waals surface area contributed by atoms with Crippen molar-refractivity contribution in [1.29, 1.82) is 0 Å². The third-order valence-electron chi connectivity index (χ3n) is 11.6. The van der Waals surface area contributed by atoms with Crippen LogP contribution in [-0.2, 0) is 26.2 Å². The maximum atomic E-state index is 7.00. The Morgan fingerprint density at radius 3 is 1.14 bits per heavy atom. The summed E-state index contributed by atoms with van der Waals surface area (Å²) in [7, 11) is 2.00. The summed E-state index contributed by atoms with van der Waals surface area (Å²) < 4.78 is 9.73. The lowest BCUT2D eigenvalue weighted by Crippen LogP contribution is -3.00. The van der Waals surface area contributed by atoms with Gasteiger partial charge in [0.2, 0.25) is 12.7 Å². The van der Waals surface area contributed by atoms with E-state index < -0.39 is 0 Å². The molecule has 2 N–H and O–H groups in total. The van der Waals surface area contributed by atoms with Gasteiger partial charge in [0.05, 0.1) is 0 Å². The summed E-state index contributed by atoms with van der Waals surface area (Å²) >= 11 is 0. The van der Waals surface area contributed by atoms with Crippen molar-refractivity contribution >= 4 is 43.6 Å². The Hall–Kier alpha value is -5.12. The van der Waals surface area contributed by atoms with Crippen LogP contribution in [-0.4, -0.2) is 33.6 Å². The number of para-hydroxylation sites is 4. The minimum Gasteiger partial charge on any atom is -1.00 e. The topological polar surface area (TPSA) is 58.1 Å². The predicted molar refractivity (Wildman–Crippen MR) is 230 cm³/mol. The van der Waals surface area contributed by atoms with E-state index in [2.05, 4.69) is 192 Å². The number of halogens is 2. The van der Waals surface area contributed by atoms with E-state index in [1.807, 2.05) is 0 Å². The third kappa shape index (κ3) is 8.38. The molecule has 8 heteroatoms. The van der Waals surface area contributed by atoms with Crippen LogP contribution in [0.3, 0.4) is 0 Å². The zero-order valence-corrected chi connectivity index (χ0v) is 37.3. The number of hydrogen-bond acceptors (Lipinski definition) is 2. The van der Waals surface area contributed by atoms with Crippen LogP contribution in [0.1, 0.15) is 44.5 Å². The molecule has 0 amide bonds. The Bertz CT molecular complexity index is 2590. The largest absolute Gasteiger partial charge is 1.00 e. The normalized spacial score (nSPS) is 10.8. The molecular weight excluding hydrogens is 848 g/mol. The van der Waals surface area contributed by atoms with Crippen LogP contribution >= 0.6 is 0 Å². The minimum absolute atomic E-state index is 0. The molecule has 0 bridgehead atoms. The monoisotopic (exact) mass is 898 g/mol. The Morgan fingerprint density at radius 2 is 0.741 bits per heavy atom. The van der Waals surface area contributed by atoms with Gasteiger partial charge in [-0.1, -0.05) is 109 Å². The number of aliphatic hydroxyl groups excluding tert-OH is 2. The summed E-state index contributed by atoms with van der Waals surface area (Å²) in [5.74, 6) is 0. The molecule has 7 aromatic carbocycles. The van der Waals surface area contributed by atoms with Crippen molar-refractivity contribution in [3.63, 3.8) is 0 Å². The van der Waals surface area contributed by atoms with E-state index in [9.17, 15) is 0 Å². The number of rotatable bonds is 8. The lowest BCUT2D eigenvalue weighted by atomic mass is 9.88. The summed E-state index contributed by atoms with van der Waals surface area (Å²) in [6.07, 6.45) is 4.65. The molecule has 0 aliphatic heterocycles. The van der Waals surface area contributed by atoms with E-state index in [0.717, 1.165) is 40.4 Å². The van der Waals surface area contributed by atoms with E-state index in [4.69, 9.17) is 10.2 Å². The van der Waals surface area contributed by atoms with Crippen molar-refractivity contribution in [3.8, 4) is 0 Å². The average Bonchev–Trinajstić information content (AvgIpc) is 3.78. The number of hydrogen-bond donors (Lipinski definition) is 2. The second-order valence-corrected chi connectivity index (χ2v) is 14.5. The fraction of sp³-hybridized carbons (Fsp3) is 0.200. The van der Waals surface area contributed by atoms with E-state index in [1.165, 1.54) is 88.1 Å². The van der Waals surface area contributed by atoms with Gasteiger partial charge in [-0.3, -0.25) is 0 Å². The lowest BCUT2D eigenvalue weighted by Gasteiger charge is -2.19. The minimum atomic E-state index is 0.